The van der Waals surface area contributed by atoms with Crippen LogP contribution in [0.3, 0.4) is 0 Å². The van der Waals surface area contributed by atoms with E-state index in [0.29, 0.717) is 0 Å². The van der Waals surface area contributed by atoms with Gasteiger partial charge in [-0.2, -0.15) is 0 Å². The van der Waals surface area contributed by atoms with Crippen molar-refractivity contribution in [1.29, 1.82) is 0 Å². The highest BCUT2D eigenvalue weighted by Crippen LogP contribution is 2.24. The Morgan fingerprint density at radius 3 is 2.83 bits per heavy atom. The molecular weight excluding hydrogens is 222 g/mol. The zero-order valence-electron chi connectivity index (χ0n) is 11.3. The molecule has 2 fully saturated rings. The molecule has 0 bridgehead atoms. The van der Waals surface area contributed by atoms with Gasteiger partial charge in [0.05, 0.1) is 0 Å². The second kappa shape index (κ2) is 5.27. The fraction of sp³-hybridized carbons (Fsp3) is 0.667. The van der Waals surface area contributed by atoms with Gasteiger partial charge in [0, 0.05) is 24.8 Å². The van der Waals surface area contributed by atoms with E-state index >= 15 is 0 Å². The SMILES string of the molecule is CCc1cccc(N2CCC(N3CCCC3)C2)n1. The van der Waals surface area contributed by atoms with Crippen LogP contribution in [-0.2, 0) is 6.42 Å². The fourth-order valence-corrected chi connectivity index (χ4v) is 3.19. The Hall–Kier alpha value is -1.09. The number of pyridine rings is 1. The Labute approximate surface area is 110 Å². The third-order valence-electron chi connectivity index (χ3n) is 4.30. The van der Waals surface area contributed by atoms with Gasteiger partial charge >= 0.3 is 0 Å². The zero-order valence-corrected chi connectivity index (χ0v) is 11.3. The number of likely N-dealkylation sites (tertiary alicyclic amines) is 1. The van der Waals surface area contributed by atoms with Crippen LogP contribution in [0.1, 0.15) is 31.9 Å². The number of hydrogen-bond acceptors (Lipinski definition) is 3. The van der Waals surface area contributed by atoms with Gasteiger partial charge in [-0.25, -0.2) is 4.98 Å². The standard InChI is InChI=1S/C15H23N3/c1-2-13-6-5-7-15(16-13)18-11-8-14(12-18)17-9-3-4-10-17/h5-7,14H,2-4,8-12H2,1H3. The van der Waals surface area contributed by atoms with Crippen LogP contribution in [0.5, 0.6) is 0 Å². The van der Waals surface area contributed by atoms with E-state index in [0.717, 1.165) is 12.5 Å². The van der Waals surface area contributed by atoms with E-state index in [1.807, 2.05) is 0 Å². The largest absolute Gasteiger partial charge is 0.355 e. The molecule has 98 valence electrons. The van der Waals surface area contributed by atoms with Crippen molar-refractivity contribution in [2.75, 3.05) is 31.1 Å². The van der Waals surface area contributed by atoms with Gasteiger partial charge in [-0.1, -0.05) is 13.0 Å². The van der Waals surface area contributed by atoms with Gasteiger partial charge in [0.2, 0.25) is 0 Å². The first-order valence-electron chi connectivity index (χ1n) is 7.32. The molecule has 2 aliphatic rings. The van der Waals surface area contributed by atoms with Crippen molar-refractivity contribution >= 4 is 5.82 Å². The molecule has 1 atom stereocenters. The van der Waals surface area contributed by atoms with Gasteiger partial charge < -0.3 is 4.90 Å². The van der Waals surface area contributed by atoms with Crippen molar-refractivity contribution in [2.24, 2.45) is 0 Å². The van der Waals surface area contributed by atoms with Crippen LogP contribution in [0.2, 0.25) is 0 Å². The second-order valence-electron chi connectivity index (χ2n) is 5.47. The van der Waals surface area contributed by atoms with Gasteiger partial charge in [-0.05, 0) is 50.9 Å². The summed E-state index contributed by atoms with van der Waals surface area (Å²) in [5, 5.41) is 0. The highest BCUT2D eigenvalue weighted by atomic mass is 15.3. The highest BCUT2D eigenvalue weighted by molar-refractivity contribution is 5.41. The van der Waals surface area contributed by atoms with E-state index < -0.39 is 0 Å². The lowest BCUT2D eigenvalue weighted by Gasteiger charge is -2.24. The summed E-state index contributed by atoms with van der Waals surface area (Å²) < 4.78 is 0. The Bertz CT molecular complexity index is 398. The van der Waals surface area contributed by atoms with Gasteiger partial charge in [0.15, 0.2) is 0 Å². The van der Waals surface area contributed by atoms with Crippen molar-refractivity contribution < 1.29 is 0 Å². The summed E-state index contributed by atoms with van der Waals surface area (Å²) in [6.45, 7) is 7.12. The lowest BCUT2D eigenvalue weighted by atomic mass is 10.2. The minimum Gasteiger partial charge on any atom is -0.355 e. The van der Waals surface area contributed by atoms with Crippen LogP contribution in [-0.4, -0.2) is 42.1 Å². The molecule has 0 spiro atoms. The van der Waals surface area contributed by atoms with Crippen molar-refractivity contribution in [3.63, 3.8) is 0 Å². The van der Waals surface area contributed by atoms with Crippen LogP contribution in [0.4, 0.5) is 5.82 Å². The molecule has 2 aliphatic heterocycles. The molecule has 1 aromatic heterocycles. The first-order valence-corrected chi connectivity index (χ1v) is 7.32. The van der Waals surface area contributed by atoms with E-state index in [9.17, 15) is 0 Å². The summed E-state index contributed by atoms with van der Waals surface area (Å²) in [6.07, 6.45) is 5.11. The molecule has 3 rings (SSSR count). The molecular formula is C15H23N3. The summed E-state index contributed by atoms with van der Waals surface area (Å²) in [5.74, 6) is 1.18. The Morgan fingerprint density at radius 1 is 1.22 bits per heavy atom. The van der Waals surface area contributed by atoms with E-state index in [1.165, 1.54) is 57.0 Å². The van der Waals surface area contributed by atoms with E-state index in [-0.39, 0.29) is 0 Å². The number of hydrogen-bond donors (Lipinski definition) is 0. The quantitative estimate of drug-likeness (QED) is 0.814. The smallest absolute Gasteiger partial charge is 0.128 e. The summed E-state index contributed by atoms with van der Waals surface area (Å²) in [4.78, 5) is 9.87. The van der Waals surface area contributed by atoms with Gasteiger partial charge in [-0.3, -0.25) is 4.90 Å². The zero-order chi connectivity index (χ0) is 12.4. The summed E-state index contributed by atoms with van der Waals surface area (Å²) >= 11 is 0. The Morgan fingerprint density at radius 2 is 2.06 bits per heavy atom. The van der Waals surface area contributed by atoms with Crippen molar-refractivity contribution in [3.8, 4) is 0 Å². The van der Waals surface area contributed by atoms with Gasteiger partial charge in [0.25, 0.3) is 0 Å². The number of nitrogens with zero attached hydrogens (tertiary/aromatic N) is 3. The number of anilines is 1. The molecule has 3 heterocycles. The molecule has 0 aromatic carbocycles. The Kier molecular flexibility index (Phi) is 3.50. The minimum atomic E-state index is 0.764. The molecule has 0 amide bonds. The van der Waals surface area contributed by atoms with Crippen LogP contribution in [0.15, 0.2) is 18.2 Å². The number of rotatable bonds is 3. The monoisotopic (exact) mass is 245 g/mol. The highest BCUT2D eigenvalue weighted by Gasteiger charge is 2.29. The predicted octanol–water partition coefficient (Wildman–Crippen LogP) is 2.32. The Balaban J connectivity index is 1.67. The summed E-state index contributed by atoms with van der Waals surface area (Å²) in [6, 6.07) is 7.19. The number of aryl methyl sites for hydroxylation is 1. The van der Waals surface area contributed by atoms with Crippen LogP contribution in [0, 0.1) is 0 Å². The van der Waals surface area contributed by atoms with Crippen molar-refractivity contribution in [1.82, 2.24) is 9.88 Å². The topological polar surface area (TPSA) is 19.4 Å². The van der Waals surface area contributed by atoms with E-state index in [2.05, 4.69) is 34.9 Å². The minimum absolute atomic E-state index is 0.764. The number of aromatic nitrogens is 1. The normalized spacial score (nSPS) is 24.9. The first kappa shape index (κ1) is 12.0. The van der Waals surface area contributed by atoms with Gasteiger partial charge in [-0.15, -0.1) is 0 Å². The van der Waals surface area contributed by atoms with Crippen LogP contribution >= 0.6 is 0 Å². The predicted molar refractivity (Wildman–Crippen MR) is 75.0 cm³/mol. The lowest BCUT2D eigenvalue weighted by Crippen LogP contribution is -2.35. The summed E-state index contributed by atoms with van der Waals surface area (Å²) in [7, 11) is 0. The molecule has 1 unspecified atom stereocenters. The molecule has 2 saturated heterocycles. The molecule has 18 heavy (non-hydrogen) atoms. The molecule has 0 N–H and O–H groups in total. The van der Waals surface area contributed by atoms with E-state index in [4.69, 9.17) is 4.98 Å². The van der Waals surface area contributed by atoms with Crippen LogP contribution < -0.4 is 4.90 Å². The molecule has 1 aromatic rings. The first-order chi connectivity index (χ1) is 8.86. The van der Waals surface area contributed by atoms with Crippen LogP contribution in [0.25, 0.3) is 0 Å². The lowest BCUT2D eigenvalue weighted by molar-refractivity contribution is 0.260. The molecule has 3 nitrogen and oxygen atoms in total. The average Bonchev–Trinajstić information content (AvgIpc) is 3.09. The van der Waals surface area contributed by atoms with E-state index in [1.54, 1.807) is 0 Å². The third kappa shape index (κ3) is 2.37. The fourth-order valence-electron chi connectivity index (χ4n) is 3.19. The molecule has 0 radical (unpaired) electrons. The van der Waals surface area contributed by atoms with Crippen molar-refractivity contribution in [2.45, 2.75) is 38.6 Å². The van der Waals surface area contributed by atoms with Gasteiger partial charge in [0.1, 0.15) is 5.82 Å². The molecule has 0 saturated carbocycles. The maximum Gasteiger partial charge on any atom is 0.128 e. The van der Waals surface area contributed by atoms with Crippen molar-refractivity contribution in [3.05, 3.63) is 23.9 Å². The molecule has 0 aliphatic carbocycles. The average molecular weight is 245 g/mol. The third-order valence-corrected chi connectivity index (χ3v) is 4.30. The maximum absolute atomic E-state index is 4.74. The second-order valence-corrected chi connectivity index (χ2v) is 5.47. The molecule has 3 heteroatoms. The summed E-state index contributed by atoms with van der Waals surface area (Å²) in [5.41, 5.74) is 1.21. The maximum atomic E-state index is 4.74.